The summed E-state index contributed by atoms with van der Waals surface area (Å²) in [5, 5.41) is 29.8. The first kappa shape index (κ1) is 15.7. The minimum Gasteiger partial charge on any atom is -0.507 e. The van der Waals surface area contributed by atoms with Gasteiger partial charge in [-0.2, -0.15) is 0 Å². The van der Waals surface area contributed by atoms with E-state index in [9.17, 15) is 25.1 Å². The fourth-order valence-electron chi connectivity index (χ4n) is 1.75. The Morgan fingerprint density at radius 2 is 1.91 bits per heavy atom. The van der Waals surface area contributed by atoms with E-state index in [1.165, 1.54) is 36.4 Å². The topological polar surface area (TPSA) is 101 Å². The maximum Gasteiger partial charge on any atom is 0.270 e. The van der Waals surface area contributed by atoms with Gasteiger partial charge >= 0.3 is 0 Å². The molecule has 112 valence electrons. The first-order valence-electron chi connectivity index (χ1n) is 6.07. The van der Waals surface area contributed by atoms with Crippen LogP contribution in [-0.2, 0) is 0 Å². The molecule has 22 heavy (non-hydrogen) atoms. The van der Waals surface area contributed by atoms with Gasteiger partial charge in [0.15, 0.2) is 5.78 Å². The number of hydrogen-bond acceptors (Lipinski definition) is 5. The third kappa shape index (κ3) is 3.50. The summed E-state index contributed by atoms with van der Waals surface area (Å²) in [5.41, 5.74) is 0.413. The van der Waals surface area contributed by atoms with Crippen LogP contribution in [-0.4, -0.2) is 20.9 Å². The Bertz CT molecular complexity index is 785. The van der Waals surface area contributed by atoms with Gasteiger partial charge in [0.25, 0.3) is 5.69 Å². The van der Waals surface area contributed by atoms with Crippen LogP contribution in [0, 0.1) is 10.1 Å². The highest BCUT2D eigenvalue weighted by Crippen LogP contribution is 2.31. The monoisotopic (exact) mass is 363 g/mol. The molecule has 2 aromatic carbocycles. The van der Waals surface area contributed by atoms with E-state index in [4.69, 9.17) is 0 Å². The predicted octanol–water partition coefficient (Wildman–Crippen LogP) is 3.66. The first-order chi connectivity index (χ1) is 10.4. The second-order valence-corrected chi connectivity index (χ2v) is 5.22. The highest BCUT2D eigenvalue weighted by atomic mass is 79.9. The highest BCUT2D eigenvalue weighted by Gasteiger charge is 2.12. The molecule has 0 aliphatic rings. The molecular weight excluding hydrogens is 354 g/mol. The number of nitro groups is 1. The van der Waals surface area contributed by atoms with Gasteiger partial charge in [-0.1, -0.05) is 18.2 Å². The van der Waals surface area contributed by atoms with E-state index in [1.807, 2.05) is 0 Å². The molecule has 0 unspecified atom stereocenters. The van der Waals surface area contributed by atoms with Gasteiger partial charge in [-0.05, 0) is 33.6 Å². The second-order valence-electron chi connectivity index (χ2n) is 4.37. The lowest BCUT2D eigenvalue weighted by Crippen LogP contribution is -1.95. The molecular formula is C15H10BrNO5. The van der Waals surface area contributed by atoms with Crippen LogP contribution < -0.4 is 0 Å². The second kappa shape index (κ2) is 6.40. The molecule has 0 bridgehead atoms. The van der Waals surface area contributed by atoms with Gasteiger partial charge in [-0.3, -0.25) is 14.9 Å². The molecule has 0 aromatic heterocycles. The zero-order valence-electron chi connectivity index (χ0n) is 11.1. The Morgan fingerprint density at radius 3 is 2.59 bits per heavy atom. The maximum absolute atomic E-state index is 12.0. The van der Waals surface area contributed by atoms with Gasteiger partial charge in [0.1, 0.15) is 11.5 Å². The number of carbonyl (C=O) groups is 1. The summed E-state index contributed by atoms with van der Waals surface area (Å²) in [7, 11) is 0. The number of ketones is 1. The van der Waals surface area contributed by atoms with E-state index >= 15 is 0 Å². The van der Waals surface area contributed by atoms with E-state index in [-0.39, 0.29) is 27.2 Å². The van der Waals surface area contributed by atoms with Crippen molar-refractivity contribution in [2.75, 3.05) is 0 Å². The summed E-state index contributed by atoms with van der Waals surface area (Å²) in [4.78, 5) is 22.2. The molecule has 0 aliphatic heterocycles. The van der Waals surface area contributed by atoms with Gasteiger partial charge in [0, 0.05) is 18.2 Å². The van der Waals surface area contributed by atoms with Crippen LogP contribution in [0.4, 0.5) is 5.69 Å². The number of carbonyl (C=O) groups excluding carboxylic acids is 1. The van der Waals surface area contributed by atoms with Crippen molar-refractivity contribution in [2.24, 2.45) is 0 Å². The van der Waals surface area contributed by atoms with Crippen molar-refractivity contribution >= 4 is 33.5 Å². The van der Waals surface area contributed by atoms with Crippen LogP contribution in [0.3, 0.4) is 0 Å². The molecule has 2 rings (SSSR count). The fraction of sp³-hybridized carbons (Fsp3) is 0. The summed E-state index contributed by atoms with van der Waals surface area (Å²) < 4.78 is 0.275. The SMILES string of the molecule is O=C(/C=C/c1cccc([N+](=O)[O-])c1)c1cc(Br)c(O)cc1O. The molecule has 2 aromatic rings. The fourth-order valence-corrected chi connectivity index (χ4v) is 2.10. The quantitative estimate of drug-likeness (QED) is 0.373. The minimum atomic E-state index is -0.526. The van der Waals surface area contributed by atoms with Crippen molar-refractivity contribution in [1.29, 1.82) is 0 Å². The van der Waals surface area contributed by atoms with Gasteiger partial charge in [0.2, 0.25) is 0 Å². The highest BCUT2D eigenvalue weighted by molar-refractivity contribution is 9.10. The summed E-state index contributed by atoms with van der Waals surface area (Å²) in [6.07, 6.45) is 2.60. The molecule has 0 amide bonds. The van der Waals surface area contributed by atoms with Crippen LogP contribution in [0.1, 0.15) is 15.9 Å². The third-order valence-electron chi connectivity index (χ3n) is 2.84. The molecule has 0 aliphatic carbocycles. The lowest BCUT2D eigenvalue weighted by molar-refractivity contribution is -0.384. The van der Waals surface area contributed by atoms with Crippen molar-refractivity contribution in [3.8, 4) is 11.5 Å². The van der Waals surface area contributed by atoms with Crippen LogP contribution in [0.5, 0.6) is 11.5 Å². The number of hydrogen-bond donors (Lipinski definition) is 2. The van der Waals surface area contributed by atoms with Crippen LogP contribution in [0.2, 0.25) is 0 Å². The smallest absolute Gasteiger partial charge is 0.270 e. The van der Waals surface area contributed by atoms with Gasteiger partial charge in [-0.25, -0.2) is 0 Å². The van der Waals surface area contributed by atoms with E-state index in [0.717, 1.165) is 6.07 Å². The molecule has 7 heteroatoms. The van der Waals surface area contributed by atoms with E-state index in [1.54, 1.807) is 6.07 Å². The zero-order valence-corrected chi connectivity index (χ0v) is 12.6. The Kier molecular flexibility index (Phi) is 4.57. The molecule has 2 N–H and O–H groups in total. The number of halogens is 1. The summed E-state index contributed by atoms with van der Waals surface area (Å²) in [5.74, 6) is -1.03. The van der Waals surface area contributed by atoms with Crippen molar-refractivity contribution in [3.63, 3.8) is 0 Å². The van der Waals surface area contributed by atoms with Crippen LogP contribution in [0.25, 0.3) is 6.08 Å². The van der Waals surface area contributed by atoms with E-state index in [2.05, 4.69) is 15.9 Å². The average molecular weight is 364 g/mol. The molecule has 0 saturated carbocycles. The van der Waals surface area contributed by atoms with Gasteiger partial charge in [0.05, 0.1) is 15.0 Å². The van der Waals surface area contributed by atoms with E-state index in [0.29, 0.717) is 5.56 Å². The number of phenols is 2. The number of nitrogens with zero attached hydrogens (tertiary/aromatic N) is 1. The molecule has 0 heterocycles. The van der Waals surface area contributed by atoms with Crippen molar-refractivity contribution < 1.29 is 19.9 Å². The lowest BCUT2D eigenvalue weighted by atomic mass is 10.1. The molecule has 0 atom stereocenters. The zero-order chi connectivity index (χ0) is 16.3. The Hall–Kier alpha value is -2.67. The first-order valence-corrected chi connectivity index (χ1v) is 6.86. The van der Waals surface area contributed by atoms with E-state index < -0.39 is 10.7 Å². The lowest BCUT2D eigenvalue weighted by Gasteiger charge is -2.03. The third-order valence-corrected chi connectivity index (χ3v) is 3.47. The summed E-state index contributed by atoms with van der Waals surface area (Å²) >= 11 is 3.06. The number of benzene rings is 2. The minimum absolute atomic E-state index is 0.00589. The van der Waals surface area contributed by atoms with Crippen LogP contribution in [0.15, 0.2) is 46.9 Å². The number of allylic oxidation sites excluding steroid dienone is 1. The van der Waals surface area contributed by atoms with Crippen molar-refractivity contribution in [1.82, 2.24) is 0 Å². The molecule has 0 fully saturated rings. The number of rotatable bonds is 4. The van der Waals surface area contributed by atoms with Gasteiger partial charge < -0.3 is 10.2 Å². The number of non-ortho nitro benzene ring substituents is 1. The predicted molar refractivity (Wildman–Crippen MR) is 83.9 cm³/mol. The number of aromatic hydroxyl groups is 2. The van der Waals surface area contributed by atoms with Crippen molar-refractivity contribution in [2.45, 2.75) is 0 Å². The molecule has 0 saturated heterocycles. The molecule has 0 spiro atoms. The standard InChI is InChI=1S/C15H10BrNO5/c16-12-7-11(14(19)8-15(12)20)13(18)5-4-9-2-1-3-10(6-9)17(21)22/h1-8,19-20H/b5-4+. The van der Waals surface area contributed by atoms with Crippen molar-refractivity contribution in [3.05, 3.63) is 68.2 Å². The van der Waals surface area contributed by atoms with Gasteiger partial charge in [-0.15, -0.1) is 0 Å². The normalized spacial score (nSPS) is 10.8. The van der Waals surface area contributed by atoms with Crippen LogP contribution >= 0.6 is 15.9 Å². The Morgan fingerprint density at radius 1 is 1.18 bits per heavy atom. The molecule has 0 radical (unpaired) electrons. The average Bonchev–Trinajstić information content (AvgIpc) is 2.48. The maximum atomic E-state index is 12.0. The Labute approximate surface area is 133 Å². The Balaban J connectivity index is 2.27. The number of nitro benzene ring substituents is 1. The molecule has 6 nitrogen and oxygen atoms in total. The number of phenolic OH excluding ortho intramolecular Hbond substituents is 2. The summed E-state index contributed by atoms with van der Waals surface area (Å²) in [6, 6.07) is 8.15. The largest absolute Gasteiger partial charge is 0.507 e. The summed E-state index contributed by atoms with van der Waals surface area (Å²) in [6.45, 7) is 0.